The Bertz CT molecular complexity index is 1010. The molecule has 0 spiro atoms. The van der Waals surface area contributed by atoms with E-state index in [0.717, 1.165) is 5.56 Å². The Morgan fingerprint density at radius 1 is 1.14 bits per heavy atom. The monoisotopic (exact) mass is 420 g/mol. The highest BCUT2D eigenvalue weighted by molar-refractivity contribution is 7.62. The molecular formula is C19H21N2O7P. The average molecular weight is 420 g/mol. The molecule has 1 aromatic carbocycles. The van der Waals surface area contributed by atoms with Gasteiger partial charge in [0.1, 0.15) is 0 Å². The summed E-state index contributed by atoms with van der Waals surface area (Å²) in [6.45, 7) is 4.44. The number of anilines is 1. The zero-order chi connectivity index (χ0) is 20.3. The molecule has 3 heterocycles. The van der Waals surface area contributed by atoms with E-state index in [-0.39, 0.29) is 37.2 Å². The van der Waals surface area contributed by atoms with Crippen LogP contribution in [0.5, 0.6) is 11.5 Å². The zero-order valence-corrected chi connectivity index (χ0v) is 16.9. The Kier molecular flexibility index (Phi) is 5.62. The summed E-state index contributed by atoms with van der Waals surface area (Å²) in [6.07, 6.45) is 1.50. The molecule has 1 aliphatic rings. The van der Waals surface area contributed by atoms with Crippen molar-refractivity contribution in [3.63, 3.8) is 0 Å². The molecule has 9 nitrogen and oxygen atoms in total. The van der Waals surface area contributed by atoms with Crippen LogP contribution >= 0.6 is 7.60 Å². The molecule has 4 rings (SSSR count). The summed E-state index contributed by atoms with van der Waals surface area (Å²) in [5, 5.41) is 3.13. The van der Waals surface area contributed by atoms with Crippen molar-refractivity contribution in [2.45, 2.75) is 20.4 Å². The summed E-state index contributed by atoms with van der Waals surface area (Å²) in [5.41, 5.74) is 0.993. The maximum Gasteiger partial charge on any atom is 0.385 e. The Morgan fingerprint density at radius 2 is 1.93 bits per heavy atom. The minimum Gasteiger partial charge on any atom is -0.459 e. The lowest BCUT2D eigenvalue weighted by molar-refractivity contribution is 0.174. The topological polar surface area (TPSA) is 105 Å². The molecule has 0 amide bonds. The van der Waals surface area contributed by atoms with Gasteiger partial charge < -0.3 is 32.7 Å². The van der Waals surface area contributed by atoms with Crippen molar-refractivity contribution in [2.24, 2.45) is 0 Å². The van der Waals surface area contributed by atoms with E-state index in [9.17, 15) is 4.57 Å². The van der Waals surface area contributed by atoms with Gasteiger partial charge >= 0.3 is 7.60 Å². The number of hydrogen-bond donors (Lipinski definition) is 1. The van der Waals surface area contributed by atoms with Gasteiger partial charge in [-0.3, -0.25) is 4.57 Å². The van der Waals surface area contributed by atoms with Crippen molar-refractivity contribution in [1.82, 2.24) is 4.98 Å². The first-order valence-corrected chi connectivity index (χ1v) is 10.7. The minimum atomic E-state index is -3.68. The first kappa shape index (κ1) is 19.6. The molecule has 0 radical (unpaired) electrons. The average Bonchev–Trinajstić information content (AvgIpc) is 3.46. The molecule has 2 aromatic heterocycles. The molecule has 1 N–H and O–H groups in total. The maximum atomic E-state index is 13.3. The van der Waals surface area contributed by atoms with Crippen molar-refractivity contribution in [2.75, 3.05) is 25.3 Å². The third kappa shape index (κ3) is 4.03. The first-order valence-electron chi connectivity index (χ1n) is 9.19. The smallest absolute Gasteiger partial charge is 0.385 e. The highest BCUT2D eigenvalue weighted by atomic mass is 31.2. The molecule has 0 saturated carbocycles. The third-order valence-electron chi connectivity index (χ3n) is 4.09. The number of nitrogens with one attached hydrogen (secondary N) is 1. The van der Waals surface area contributed by atoms with Gasteiger partial charge in [-0.2, -0.15) is 4.98 Å². The highest BCUT2D eigenvalue weighted by Crippen LogP contribution is 2.49. The summed E-state index contributed by atoms with van der Waals surface area (Å²) in [4.78, 5) is 4.35. The maximum absolute atomic E-state index is 13.3. The zero-order valence-electron chi connectivity index (χ0n) is 16.0. The van der Waals surface area contributed by atoms with E-state index < -0.39 is 7.60 Å². The quantitative estimate of drug-likeness (QED) is 0.511. The number of rotatable bonds is 9. The Balaban J connectivity index is 1.64. The van der Waals surface area contributed by atoms with Crippen molar-refractivity contribution in [1.29, 1.82) is 0 Å². The van der Waals surface area contributed by atoms with Gasteiger partial charge in [0.2, 0.25) is 18.1 Å². The molecule has 3 aromatic rings. The molecule has 10 heteroatoms. The Labute approximate surface area is 167 Å². The number of hydrogen-bond acceptors (Lipinski definition) is 9. The van der Waals surface area contributed by atoms with E-state index in [2.05, 4.69) is 10.3 Å². The van der Waals surface area contributed by atoms with E-state index in [4.69, 9.17) is 27.4 Å². The second-order valence-corrected chi connectivity index (χ2v) is 7.96. The van der Waals surface area contributed by atoms with Gasteiger partial charge in [-0.1, -0.05) is 6.07 Å². The number of oxazole rings is 1. The van der Waals surface area contributed by atoms with Gasteiger partial charge in [-0.15, -0.1) is 0 Å². The molecule has 1 aliphatic heterocycles. The van der Waals surface area contributed by atoms with E-state index in [1.165, 1.54) is 6.26 Å². The van der Waals surface area contributed by atoms with Crippen LogP contribution in [0.1, 0.15) is 19.4 Å². The normalized spacial score (nSPS) is 13.0. The molecular weight excluding hydrogens is 399 g/mol. The molecule has 154 valence electrons. The summed E-state index contributed by atoms with van der Waals surface area (Å²) in [5.74, 6) is 2.15. The lowest BCUT2D eigenvalue weighted by Gasteiger charge is -2.15. The van der Waals surface area contributed by atoms with Crippen LogP contribution in [0.15, 0.2) is 45.4 Å². The number of benzene rings is 1. The molecule has 0 aliphatic carbocycles. The molecule has 0 saturated heterocycles. The summed E-state index contributed by atoms with van der Waals surface area (Å²) >= 11 is 0. The Morgan fingerprint density at radius 3 is 2.66 bits per heavy atom. The van der Waals surface area contributed by atoms with Crippen LogP contribution in [-0.4, -0.2) is 25.0 Å². The number of furan rings is 1. The van der Waals surface area contributed by atoms with Gasteiger partial charge in [0.05, 0.1) is 19.5 Å². The second kappa shape index (κ2) is 8.32. The summed E-state index contributed by atoms with van der Waals surface area (Å²) in [6, 6.07) is 9.01. The number of fused-ring (bicyclic) bond motifs is 1. The largest absolute Gasteiger partial charge is 0.459 e. The fourth-order valence-corrected chi connectivity index (χ4v) is 4.44. The number of ether oxygens (including phenoxy) is 2. The standard InChI is InChI=1S/C19H21N2O7P/c1-3-26-29(22,27-4-2)19-18(28-17(21-19)15-6-5-9-23-15)20-11-13-7-8-14-16(10-13)25-12-24-14/h5-10,20H,3-4,11-12H2,1-2H3. The van der Waals surface area contributed by atoms with Crippen LogP contribution in [0.25, 0.3) is 11.7 Å². The van der Waals surface area contributed by atoms with Crippen LogP contribution in [-0.2, 0) is 20.2 Å². The predicted molar refractivity (Wildman–Crippen MR) is 105 cm³/mol. The summed E-state index contributed by atoms with van der Waals surface area (Å²) in [7, 11) is -3.68. The molecule has 0 atom stereocenters. The number of aromatic nitrogens is 1. The van der Waals surface area contributed by atoms with E-state index >= 15 is 0 Å². The molecule has 29 heavy (non-hydrogen) atoms. The second-order valence-electron chi connectivity index (χ2n) is 6.02. The van der Waals surface area contributed by atoms with Crippen LogP contribution in [0.2, 0.25) is 0 Å². The van der Waals surface area contributed by atoms with Gasteiger partial charge in [0, 0.05) is 6.54 Å². The van der Waals surface area contributed by atoms with Gasteiger partial charge in [0.15, 0.2) is 17.3 Å². The van der Waals surface area contributed by atoms with Crippen LogP contribution < -0.4 is 20.2 Å². The van der Waals surface area contributed by atoms with Gasteiger partial charge in [-0.05, 0) is 43.7 Å². The SMILES string of the molecule is CCOP(=O)(OCC)c1nc(-c2ccco2)oc1NCc1ccc2c(c1)OCO2. The summed E-state index contributed by atoms with van der Waals surface area (Å²) < 4.78 is 46.1. The molecule has 0 fully saturated rings. The lowest BCUT2D eigenvalue weighted by Crippen LogP contribution is -2.16. The predicted octanol–water partition coefficient (Wildman–Crippen LogP) is 4.17. The van der Waals surface area contributed by atoms with E-state index in [0.29, 0.717) is 23.8 Å². The lowest BCUT2D eigenvalue weighted by atomic mass is 10.2. The first-order chi connectivity index (χ1) is 14.1. The number of nitrogens with zero attached hydrogens (tertiary/aromatic N) is 1. The minimum absolute atomic E-state index is 0.0772. The van der Waals surface area contributed by atoms with Crippen molar-refractivity contribution >= 4 is 18.9 Å². The van der Waals surface area contributed by atoms with Crippen molar-refractivity contribution in [3.05, 3.63) is 42.2 Å². The van der Waals surface area contributed by atoms with Gasteiger partial charge in [-0.25, -0.2) is 0 Å². The fourth-order valence-electron chi connectivity index (χ4n) is 2.85. The van der Waals surface area contributed by atoms with Gasteiger partial charge in [0.25, 0.3) is 5.89 Å². The highest BCUT2D eigenvalue weighted by Gasteiger charge is 2.36. The van der Waals surface area contributed by atoms with Crippen LogP contribution in [0.4, 0.5) is 5.88 Å². The molecule has 0 unspecified atom stereocenters. The fraction of sp³-hybridized carbons (Fsp3) is 0.316. The van der Waals surface area contributed by atoms with E-state index in [1.807, 2.05) is 18.2 Å². The van der Waals surface area contributed by atoms with Crippen LogP contribution in [0.3, 0.4) is 0 Å². The molecule has 0 bridgehead atoms. The third-order valence-corrected chi connectivity index (χ3v) is 6.11. The Hall–Kier alpha value is -2.74. The van der Waals surface area contributed by atoms with Crippen molar-refractivity contribution < 1.29 is 31.9 Å². The van der Waals surface area contributed by atoms with Crippen molar-refractivity contribution in [3.8, 4) is 23.1 Å². The van der Waals surface area contributed by atoms with Crippen LogP contribution in [0, 0.1) is 0 Å². The van der Waals surface area contributed by atoms with E-state index in [1.54, 1.807) is 26.0 Å².